The Morgan fingerprint density at radius 3 is 2.47 bits per heavy atom. The number of para-hydroxylation sites is 1. The lowest BCUT2D eigenvalue weighted by Gasteiger charge is -2.19. The normalized spacial score (nSPS) is 12.6. The van der Waals surface area contributed by atoms with Crippen LogP contribution in [0.15, 0.2) is 82.3 Å². The highest BCUT2D eigenvalue weighted by atomic mass is 32.1. The second-order valence-electron chi connectivity index (χ2n) is 9.03. The minimum atomic E-state index is 0.109. The average Bonchev–Trinajstić information content (AvgIpc) is 3.19. The Hall–Kier alpha value is -3.44. The second kappa shape index (κ2) is 7.92. The van der Waals surface area contributed by atoms with E-state index in [4.69, 9.17) is 9.52 Å². The van der Waals surface area contributed by atoms with Crippen LogP contribution in [0.1, 0.15) is 31.9 Å². The van der Waals surface area contributed by atoms with Crippen molar-refractivity contribution in [3.63, 3.8) is 0 Å². The summed E-state index contributed by atoms with van der Waals surface area (Å²) in [5, 5.41) is 7.25. The van der Waals surface area contributed by atoms with Crippen LogP contribution in [0.4, 0.5) is 5.13 Å². The fourth-order valence-corrected chi connectivity index (χ4v) is 4.48. The van der Waals surface area contributed by atoms with Crippen LogP contribution in [0.25, 0.3) is 32.5 Å². The van der Waals surface area contributed by atoms with Gasteiger partial charge in [0.1, 0.15) is 11.3 Å². The lowest BCUT2D eigenvalue weighted by Crippen LogP contribution is -2.10. The van der Waals surface area contributed by atoms with Crippen LogP contribution in [0.5, 0.6) is 0 Å². The Morgan fingerprint density at radius 1 is 0.938 bits per heavy atom. The third-order valence-corrected chi connectivity index (χ3v) is 6.44. The molecule has 32 heavy (non-hydrogen) atoms. The number of nitrogens with zero attached hydrogens (tertiary/aromatic N) is 2. The molecule has 0 aliphatic rings. The summed E-state index contributed by atoms with van der Waals surface area (Å²) >= 11 is 1.59. The van der Waals surface area contributed by atoms with E-state index in [1.165, 1.54) is 5.56 Å². The molecule has 160 valence electrons. The van der Waals surface area contributed by atoms with E-state index in [-0.39, 0.29) is 5.41 Å². The van der Waals surface area contributed by atoms with Crippen molar-refractivity contribution in [2.45, 2.75) is 33.1 Å². The molecule has 0 saturated heterocycles. The van der Waals surface area contributed by atoms with Gasteiger partial charge in [0.05, 0.1) is 15.6 Å². The van der Waals surface area contributed by atoms with Gasteiger partial charge in [-0.05, 0) is 47.7 Å². The van der Waals surface area contributed by atoms with Crippen molar-refractivity contribution in [2.24, 2.45) is 5.10 Å². The quantitative estimate of drug-likeness (QED) is 0.301. The standard InChI is InChI=1S/C27H25N3OS/c1-17-9-14-20-22(29-30-26-28-21-7-5-6-8-25(21)32-26)16-23(31-24(20)15-17)18-10-12-19(13-11-18)27(2,3)4/h5-16H,1-4H3,(H,28,30). The van der Waals surface area contributed by atoms with Gasteiger partial charge in [0.2, 0.25) is 5.13 Å². The molecule has 0 saturated carbocycles. The first-order chi connectivity index (χ1) is 15.4. The van der Waals surface area contributed by atoms with Gasteiger partial charge in [-0.1, -0.05) is 74.6 Å². The number of anilines is 1. The van der Waals surface area contributed by atoms with Gasteiger partial charge in [0.25, 0.3) is 0 Å². The first-order valence-corrected chi connectivity index (χ1v) is 11.5. The summed E-state index contributed by atoms with van der Waals surface area (Å²) in [4.78, 5) is 4.63. The molecule has 5 aromatic rings. The summed E-state index contributed by atoms with van der Waals surface area (Å²) in [6.07, 6.45) is 0. The summed E-state index contributed by atoms with van der Waals surface area (Å²) in [5.74, 6) is 0.786. The molecule has 1 N–H and O–H groups in total. The van der Waals surface area contributed by atoms with E-state index in [1.807, 2.05) is 24.3 Å². The Morgan fingerprint density at radius 2 is 1.72 bits per heavy atom. The molecule has 0 radical (unpaired) electrons. The number of aryl methyl sites for hydroxylation is 1. The zero-order valence-electron chi connectivity index (χ0n) is 18.6. The lowest BCUT2D eigenvalue weighted by molar-refractivity contribution is 0.589. The maximum absolute atomic E-state index is 6.29. The van der Waals surface area contributed by atoms with Crippen molar-refractivity contribution < 1.29 is 4.42 Å². The zero-order valence-corrected chi connectivity index (χ0v) is 19.5. The number of aromatic nitrogens is 1. The predicted octanol–water partition coefficient (Wildman–Crippen LogP) is 7.24. The largest absolute Gasteiger partial charge is 0.456 e. The minimum Gasteiger partial charge on any atom is -0.456 e. The van der Waals surface area contributed by atoms with Crippen LogP contribution in [-0.2, 0) is 5.41 Å². The summed E-state index contributed by atoms with van der Waals surface area (Å²) < 4.78 is 7.43. The summed E-state index contributed by atoms with van der Waals surface area (Å²) in [6.45, 7) is 8.72. The Kier molecular flexibility index (Phi) is 5.06. The van der Waals surface area contributed by atoms with Crippen LogP contribution in [-0.4, -0.2) is 4.98 Å². The van der Waals surface area contributed by atoms with Gasteiger partial charge in [0.15, 0.2) is 0 Å². The van der Waals surface area contributed by atoms with E-state index in [0.717, 1.165) is 48.6 Å². The molecule has 0 spiro atoms. The molecule has 0 amide bonds. The molecule has 0 atom stereocenters. The predicted molar refractivity (Wildman–Crippen MR) is 134 cm³/mol. The molecule has 0 unspecified atom stereocenters. The number of fused-ring (bicyclic) bond motifs is 2. The van der Waals surface area contributed by atoms with Gasteiger partial charge in [-0.3, -0.25) is 5.43 Å². The monoisotopic (exact) mass is 439 g/mol. The first-order valence-electron chi connectivity index (χ1n) is 10.7. The van der Waals surface area contributed by atoms with Gasteiger partial charge < -0.3 is 4.42 Å². The summed E-state index contributed by atoms with van der Waals surface area (Å²) in [6, 6.07) is 24.8. The molecule has 0 aliphatic carbocycles. The smallest absolute Gasteiger partial charge is 0.204 e. The van der Waals surface area contributed by atoms with Gasteiger partial charge >= 0.3 is 0 Å². The molecular formula is C27H25N3OS. The van der Waals surface area contributed by atoms with Crippen molar-refractivity contribution in [3.8, 4) is 11.3 Å². The Bertz CT molecular complexity index is 1450. The van der Waals surface area contributed by atoms with Gasteiger partial charge in [-0.15, -0.1) is 0 Å². The lowest BCUT2D eigenvalue weighted by atomic mass is 9.86. The number of rotatable bonds is 3. The molecule has 5 heteroatoms. The molecular weight excluding hydrogens is 414 g/mol. The van der Waals surface area contributed by atoms with Crippen molar-refractivity contribution >= 4 is 37.7 Å². The second-order valence-corrected chi connectivity index (χ2v) is 10.1. The number of nitrogens with one attached hydrogen (secondary N) is 1. The molecule has 0 fully saturated rings. The fourth-order valence-electron chi connectivity index (χ4n) is 3.67. The van der Waals surface area contributed by atoms with Crippen LogP contribution >= 0.6 is 11.3 Å². The highest BCUT2D eigenvalue weighted by Gasteiger charge is 2.14. The van der Waals surface area contributed by atoms with Crippen LogP contribution < -0.4 is 10.8 Å². The third-order valence-electron chi connectivity index (χ3n) is 5.50. The first kappa shape index (κ1) is 20.5. The SMILES string of the molecule is Cc1ccc2c(=NNc3nc4ccccc4s3)cc(-c3ccc(C(C)(C)C)cc3)oc2c1. The van der Waals surface area contributed by atoms with Crippen LogP contribution in [0.3, 0.4) is 0 Å². The van der Waals surface area contributed by atoms with E-state index in [9.17, 15) is 0 Å². The highest BCUT2D eigenvalue weighted by molar-refractivity contribution is 7.22. The van der Waals surface area contributed by atoms with E-state index < -0.39 is 0 Å². The maximum Gasteiger partial charge on any atom is 0.204 e. The van der Waals surface area contributed by atoms with Gasteiger partial charge in [0, 0.05) is 17.0 Å². The summed E-state index contributed by atoms with van der Waals surface area (Å²) in [5.41, 5.74) is 8.51. The van der Waals surface area contributed by atoms with E-state index >= 15 is 0 Å². The number of thiazole rings is 1. The number of benzene rings is 3. The Balaban J connectivity index is 1.60. The number of hydrogen-bond donors (Lipinski definition) is 1. The molecule has 2 heterocycles. The Labute approximate surface area is 191 Å². The van der Waals surface area contributed by atoms with Crippen molar-refractivity contribution in [3.05, 3.63) is 89.3 Å². The average molecular weight is 440 g/mol. The molecule has 0 bridgehead atoms. The minimum absolute atomic E-state index is 0.109. The summed E-state index contributed by atoms with van der Waals surface area (Å²) in [7, 11) is 0. The molecule has 4 nitrogen and oxygen atoms in total. The molecule has 2 aromatic heterocycles. The molecule has 5 rings (SSSR count). The topological polar surface area (TPSA) is 50.4 Å². The van der Waals surface area contributed by atoms with Crippen LogP contribution in [0, 0.1) is 6.92 Å². The zero-order chi connectivity index (χ0) is 22.3. The highest BCUT2D eigenvalue weighted by Crippen LogP contribution is 2.28. The maximum atomic E-state index is 6.29. The van der Waals surface area contributed by atoms with E-state index in [2.05, 4.69) is 86.6 Å². The van der Waals surface area contributed by atoms with E-state index in [0.29, 0.717) is 0 Å². The van der Waals surface area contributed by atoms with Gasteiger partial charge in [-0.25, -0.2) is 4.98 Å². The van der Waals surface area contributed by atoms with Crippen molar-refractivity contribution in [1.82, 2.24) is 4.98 Å². The van der Waals surface area contributed by atoms with Gasteiger partial charge in [-0.2, -0.15) is 5.10 Å². The fraction of sp³-hybridized carbons (Fsp3) is 0.185. The van der Waals surface area contributed by atoms with Crippen LogP contribution in [0.2, 0.25) is 0 Å². The number of hydrogen-bond acceptors (Lipinski definition) is 5. The molecule has 3 aromatic carbocycles. The van der Waals surface area contributed by atoms with E-state index in [1.54, 1.807) is 11.3 Å². The third kappa shape index (κ3) is 4.04. The van der Waals surface area contributed by atoms with Crippen molar-refractivity contribution in [1.29, 1.82) is 0 Å². The van der Waals surface area contributed by atoms with Crippen molar-refractivity contribution in [2.75, 3.05) is 5.43 Å². The molecule has 0 aliphatic heterocycles.